The Labute approximate surface area is 166 Å². The van der Waals surface area contributed by atoms with E-state index in [1.54, 1.807) is 0 Å². The lowest BCUT2D eigenvalue weighted by Crippen LogP contribution is -2.32. The molecule has 0 unspecified atom stereocenters. The van der Waals surface area contributed by atoms with Crippen molar-refractivity contribution in [2.75, 3.05) is 0 Å². The van der Waals surface area contributed by atoms with Gasteiger partial charge >= 0.3 is 6.09 Å². The van der Waals surface area contributed by atoms with Gasteiger partial charge in [0.25, 0.3) is 11.3 Å². The standard InChI is InChI=1S/C22H19NO4S/c24-22(26-16-17-10-4-1-5-11-17)23-20(18-12-6-2-7-13-18)21(27-28(23)25)19-14-8-3-9-15-19/h1-15,20-21H,16H2/t20-,21+,28-/m0/s1. The summed E-state index contributed by atoms with van der Waals surface area (Å²) in [6.07, 6.45) is -1.22. The van der Waals surface area contributed by atoms with Crippen LogP contribution in [-0.2, 0) is 26.8 Å². The van der Waals surface area contributed by atoms with Gasteiger partial charge < -0.3 is 4.74 Å². The van der Waals surface area contributed by atoms with Crippen LogP contribution in [0.5, 0.6) is 0 Å². The van der Waals surface area contributed by atoms with Crippen molar-refractivity contribution in [2.45, 2.75) is 18.8 Å². The SMILES string of the molecule is O=C(OCc1ccccc1)N1[C@@H](c2ccccc2)[C@@H](c2ccccc2)O[S@@]1=O. The maximum Gasteiger partial charge on any atom is 0.424 e. The van der Waals surface area contributed by atoms with Crippen molar-refractivity contribution in [1.29, 1.82) is 0 Å². The molecular weight excluding hydrogens is 374 g/mol. The number of amides is 1. The van der Waals surface area contributed by atoms with Crippen molar-refractivity contribution < 1.29 is 17.9 Å². The topological polar surface area (TPSA) is 55.8 Å². The minimum absolute atomic E-state index is 0.102. The van der Waals surface area contributed by atoms with Crippen molar-refractivity contribution >= 4 is 17.4 Å². The highest BCUT2D eigenvalue weighted by molar-refractivity contribution is 7.78. The van der Waals surface area contributed by atoms with Crippen molar-refractivity contribution in [2.24, 2.45) is 0 Å². The first kappa shape index (κ1) is 18.4. The third-order valence-electron chi connectivity index (χ3n) is 4.54. The van der Waals surface area contributed by atoms with Gasteiger partial charge in [-0.15, -0.1) is 0 Å². The highest BCUT2D eigenvalue weighted by Gasteiger charge is 2.46. The molecule has 142 valence electrons. The fourth-order valence-electron chi connectivity index (χ4n) is 3.20. The molecule has 0 radical (unpaired) electrons. The minimum atomic E-state index is -1.95. The summed E-state index contributed by atoms with van der Waals surface area (Å²) in [4.78, 5) is 12.8. The van der Waals surface area contributed by atoms with Crippen LogP contribution in [0.3, 0.4) is 0 Å². The lowest BCUT2D eigenvalue weighted by atomic mass is 9.96. The molecule has 1 amide bonds. The predicted molar refractivity (Wildman–Crippen MR) is 106 cm³/mol. The molecule has 1 heterocycles. The zero-order chi connectivity index (χ0) is 19.3. The molecule has 3 aromatic carbocycles. The normalized spacial score (nSPS) is 21.4. The maximum atomic E-state index is 12.8. The summed E-state index contributed by atoms with van der Waals surface area (Å²) in [7, 11) is 0. The van der Waals surface area contributed by atoms with Crippen LogP contribution in [-0.4, -0.2) is 14.6 Å². The smallest absolute Gasteiger partial charge is 0.424 e. The molecule has 28 heavy (non-hydrogen) atoms. The lowest BCUT2D eigenvalue weighted by Gasteiger charge is -2.23. The fourth-order valence-corrected chi connectivity index (χ4v) is 4.28. The maximum absolute atomic E-state index is 12.8. The highest BCUT2D eigenvalue weighted by atomic mass is 32.2. The zero-order valence-electron chi connectivity index (χ0n) is 15.0. The molecule has 0 aliphatic carbocycles. The van der Waals surface area contributed by atoms with Gasteiger partial charge in [-0.05, 0) is 16.7 Å². The van der Waals surface area contributed by atoms with Crippen molar-refractivity contribution in [3.05, 3.63) is 108 Å². The summed E-state index contributed by atoms with van der Waals surface area (Å²) < 4.78 is 25.0. The van der Waals surface area contributed by atoms with Gasteiger partial charge in [-0.3, -0.25) is 4.18 Å². The molecule has 1 aliphatic rings. The van der Waals surface area contributed by atoms with Crippen LogP contribution >= 0.6 is 0 Å². The van der Waals surface area contributed by atoms with E-state index in [2.05, 4.69) is 0 Å². The molecule has 3 atom stereocenters. The first-order valence-corrected chi connectivity index (χ1v) is 9.96. The Balaban J connectivity index is 1.62. The van der Waals surface area contributed by atoms with E-state index in [0.717, 1.165) is 16.7 Å². The molecule has 0 saturated carbocycles. The van der Waals surface area contributed by atoms with Gasteiger partial charge in [-0.1, -0.05) is 91.0 Å². The van der Waals surface area contributed by atoms with Gasteiger partial charge in [0.2, 0.25) is 0 Å². The molecule has 0 bridgehead atoms. The zero-order valence-corrected chi connectivity index (χ0v) is 15.8. The fraction of sp³-hybridized carbons (Fsp3) is 0.136. The van der Waals surface area contributed by atoms with Gasteiger partial charge in [0.05, 0.1) is 0 Å². The van der Waals surface area contributed by atoms with Crippen LogP contribution in [0.2, 0.25) is 0 Å². The molecule has 1 fully saturated rings. The molecule has 5 nitrogen and oxygen atoms in total. The Morgan fingerprint density at radius 2 is 1.39 bits per heavy atom. The largest absolute Gasteiger partial charge is 0.444 e. The second-order valence-electron chi connectivity index (χ2n) is 6.37. The molecular formula is C22H19NO4S. The Kier molecular flexibility index (Phi) is 5.50. The molecule has 0 spiro atoms. The number of rotatable bonds is 4. The second-order valence-corrected chi connectivity index (χ2v) is 7.39. The Morgan fingerprint density at radius 1 is 0.857 bits per heavy atom. The molecule has 3 aromatic rings. The molecule has 4 rings (SSSR count). The molecule has 1 aliphatic heterocycles. The summed E-state index contributed by atoms with van der Waals surface area (Å²) in [5.74, 6) is 0. The van der Waals surface area contributed by atoms with E-state index in [-0.39, 0.29) is 6.61 Å². The predicted octanol–water partition coefficient (Wildman–Crippen LogP) is 4.72. The van der Waals surface area contributed by atoms with E-state index in [1.807, 2.05) is 91.0 Å². The molecule has 6 heteroatoms. The number of ether oxygens (including phenoxy) is 1. The van der Waals surface area contributed by atoms with E-state index in [9.17, 15) is 9.00 Å². The van der Waals surface area contributed by atoms with Gasteiger partial charge in [-0.25, -0.2) is 9.00 Å². The average Bonchev–Trinajstić information content (AvgIpc) is 3.11. The minimum Gasteiger partial charge on any atom is -0.444 e. The lowest BCUT2D eigenvalue weighted by molar-refractivity contribution is 0.107. The van der Waals surface area contributed by atoms with E-state index in [0.29, 0.717) is 0 Å². The van der Waals surface area contributed by atoms with Crippen LogP contribution in [0.4, 0.5) is 4.79 Å². The Bertz CT molecular complexity index is 950. The summed E-state index contributed by atoms with van der Waals surface area (Å²) in [6.45, 7) is 0.102. The highest BCUT2D eigenvalue weighted by Crippen LogP contribution is 2.44. The van der Waals surface area contributed by atoms with Gasteiger partial charge in [0, 0.05) is 0 Å². The van der Waals surface area contributed by atoms with Gasteiger partial charge in [0.15, 0.2) is 0 Å². The van der Waals surface area contributed by atoms with E-state index in [1.165, 1.54) is 4.31 Å². The van der Waals surface area contributed by atoms with E-state index in [4.69, 9.17) is 8.92 Å². The van der Waals surface area contributed by atoms with Crippen molar-refractivity contribution in [3.8, 4) is 0 Å². The van der Waals surface area contributed by atoms with Crippen LogP contribution < -0.4 is 0 Å². The number of carbonyl (C=O) groups excluding carboxylic acids is 1. The van der Waals surface area contributed by atoms with Crippen LogP contribution in [0.15, 0.2) is 91.0 Å². The van der Waals surface area contributed by atoms with Crippen LogP contribution in [0, 0.1) is 0 Å². The quantitative estimate of drug-likeness (QED) is 0.644. The van der Waals surface area contributed by atoms with Crippen molar-refractivity contribution in [1.82, 2.24) is 4.31 Å². The summed E-state index contributed by atoms with van der Waals surface area (Å²) in [5, 5.41) is 0. The molecule has 0 aromatic heterocycles. The Morgan fingerprint density at radius 3 is 2.00 bits per heavy atom. The number of benzene rings is 3. The Hall–Kier alpha value is -2.96. The van der Waals surface area contributed by atoms with Crippen LogP contribution in [0.25, 0.3) is 0 Å². The van der Waals surface area contributed by atoms with E-state index < -0.39 is 29.5 Å². The summed E-state index contributed by atoms with van der Waals surface area (Å²) in [5.41, 5.74) is 2.54. The summed E-state index contributed by atoms with van der Waals surface area (Å²) in [6, 6.07) is 27.7. The van der Waals surface area contributed by atoms with Gasteiger partial charge in [-0.2, -0.15) is 4.31 Å². The number of nitrogens with zero attached hydrogens (tertiary/aromatic N) is 1. The number of carbonyl (C=O) groups is 1. The molecule has 0 N–H and O–H groups in total. The average molecular weight is 393 g/mol. The van der Waals surface area contributed by atoms with Crippen molar-refractivity contribution in [3.63, 3.8) is 0 Å². The van der Waals surface area contributed by atoms with Gasteiger partial charge in [0.1, 0.15) is 18.8 Å². The van der Waals surface area contributed by atoms with Crippen LogP contribution in [0.1, 0.15) is 28.8 Å². The monoisotopic (exact) mass is 393 g/mol. The first-order chi connectivity index (χ1) is 13.7. The number of hydrogen-bond donors (Lipinski definition) is 0. The third kappa shape index (κ3) is 3.83. The van der Waals surface area contributed by atoms with E-state index >= 15 is 0 Å². The first-order valence-electron chi connectivity index (χ1n) is 8.93. The third-order valence-corrected chi connectivity index (χ3v) is 5.61. The molecule has 1 saturated heterocycles. The second kappa shape index (κ2) is 8.37. The number of hydrogen-bond acceptors (Lipinski definition) is 4. The summed E-state index contributed by atoms with van der Waals surface area (Å²) >= 11 is -1.95.